The summed E-state index contributed by atoms with van der Waals surface area (Å²) in [4.78, 5) is 0. The van der Waals surface area contributed by atoms with Crippen molar-refractivity contribution in [2.75, 3.05) is 0 Å². The molecule has 1 rings (SSSR count). The van der Waals surface area contributed by atoms with Crippen molar-refractivity contribution >= 4 is 0 Å². The van der Waals surface area contributed by atoms with E-state index in [1.165, 1.54) is 12.8 Å². The minimum absolute atomic E-state index is 0.566. The van der Waals surface area contributed by atoms with Crippen LogP contribution in [0.25, 0.3) is 0 Å². The van der Waals surface area contributed by atoms with Crippen molar-refractivity contribution in [1.29, 1.82) is 0 Å². The van der Waals surface area contributed by atoms with Gasteiger partial charge in [0.05, 0.1) is 12.4 Å². The predicted octanol–water partition coefficient (Wildman–Crippen LogP) is 1.70. The molecule has 7 heavy (non-hydrogen) atoms. The van der Waals surface area contributed by atoms with Gasteiger partial charge in [-0.15, -0.1) is 0 Å². The zero-order valence-electron chi connectivity index (χ0n) is 4.55. The lowest BCUT2D eigenvalue weighted by atomic mass is 10.7. The second-order valence-electron chi connectivity index (χ2n) is 1.80. The van der Waals surface area contributed by atoms with Crippen molar-refractivity contribution in [3.8, 4) is 0 Å². The Balaban J connectivity index is 1.98. The van der Waals surface area contributed by atoms with Gasteiger partial charge < -0.3 is 4.74 Å². The highest BCUT2D eigenvalue weighted by Crippen LogP contribution is 2.23. The molecule has 0 aromatic rings. The third kappa shape index (κ3) is 1.62. The van der Waals surface area contributed by atoms with Crippen molar-refractivity contribution in [3.05, 3.63) is 12.3 Å². The standard InChI is InChI=1S/C6H10O/c1-2-5-7-6-3-4-6/h2,5-6H,3-4H2,1H3/b5-2+. The molecule has 0 unspecified atom stereocenters. The summed E-state index contributed by atoms with van der Waals surface area (Å²) in [7, 11) is 0. The van der Waals surface area contributed by atoms with E-state index in [1.54, 1.807) is 6.26 Å². The maximum absolute atomic E-state index is 5.12. The Bertz CT molecular complexity index is 72.2. The van der Waals surface area contributed by atoms with Crippen LogP contribution in [0.4, 0.5) is 0 Å². The second-order valence-corrected chi connectivity index (χ2v) is 1.80. The van der Waals surface area contributed by atoms with Crippen LogP contribution in [0.2, 0.25) is 0 Å². The van der Waals surface area contributed by atoms with E-state index < -0.39 is 0 Å². The van der Waals surface area contributed by atoms with Crippen molar-refractivity contribution in [1.82, 2.24) is 0 Å². The van der Waals surface area contributed by atoms with Gasteiger partial charge in [0.1, 0.15) is 0 Å². The number of ether oxygens (including phenoxy) is 1. The van der Waals surface area contributed by atoms with Crippen LogP contribution in [-0.4, -0.2) is 6.10 Å². The zero-order chi connectivity index (χ0) is 5.11. The van der Waals surface area contributed by atoms with Gasteiger partial charge in [-0.2, -0.15) is 0 Å². The molecule has 0 aromatic heterocycles. The molecule has 1 aliphatic carbocycles. The Kier molecular flexibility index (Phi) is 1.35. The van der Waals surface area contributed by atoms with Crippen molar-refractivity contribution in [3.63, 3.8) is 0 Å². The summed E-state index contributed by atoms with van der Waals surface area (Å²) in [5, 5.41) is 0. The van der Waals surface area contributed by atoms with E-state index in [2.05, 4.69) is 0 Å². The lowest BCUT2D eigenvalue weighted by Gasteiger charge is -1.90. The normalized spacial score (nSPS) is 20.7. The Labute approximate surface area is 44.0 Å². The summed E-state index contributed by atoms with van der Waals surface area (Å²) in [5.41, 5.74) is 0. The number of hydrogen-bond acceptors (Lipinski definition) is 1. The topological polar surface area (TPSA) is 9.23 Å². The smallest absolute Gasteiger partial charge is 0.0981 e. The highest BCUT2D eigenvalue weighted by molar-refractivity contribution is 4.78. The van der Waals surface area contributed by atoms with Gasteiger partial charge in [0.15, 0.2) is 0 Å². The van der Waals surface area contributed by atoms with Gasteiger partial charge in [0.2, 0.25) is 0 Å². The number of rotatable bonds is 2. The average Bonchev–Trinajstić information content (AvgIpc) is 2.42. The first kappa shape index (κ1) is 4.69. The molecule has 1 heteroatoms. The van der Waals surface area contributed by atoms with Crippen molar-refractivity contribution in [2.24, 2.45) is 0 Å². The van der Waals surface area contributed by atoms with Gasteiger partial charge in [-0.3, -0.25) is 0 Å². The number of allylic oxidation sites excluding steroid dienone is 1. The SMILES string of the molecule is C/C=C/OC1CC1. The van der Waals surface area contributed by atoms with Crippen LogP contribution in [0.15, 0.2) is 12.3 Å². The highest BCUT2D eigenvalue weighted by atomic mass is 16.5. The fourth-order valence-corrected chi connectivity index (χ4v) is 0.394. The first-order valence-corrected chi connectivity index (χ1v) is 2.70. The summed E-state index contributed by atoms with van der Waals surface area (Å²) in [6, 6.07) is 0. The maximum atomic E-state index is 5.12. The van der Waals surface area contributed by atoms with Crippen LogP contribution in [-0.2, 0) is 4.74 Å². The van der Waals surface area contributed by atoms with E-state index in [-0.39, 0.29) is 0 Å². The van der Waals surface area contributed by atoms with Crippen LogP contribution in [0.5, 0.6) is 0 Å². The fraction of sp³-hybridized carbons (Fsp3) is 0.667. The van der Waals surface area contributed by atoms with Crippen LogP contribution in [0, 0.1) is 0 Å². The highest BCUT2D eigenvalue weighted by Gasteiger charge is 2.21. The van der Waals surface area contributed by atoms with E-state index in [0.29, 0.717) is 6.10 Å². The van der Waals surface area contributed by atoms with Gasteiger partial charge >= 0.3 is 0 Å². The molecule has 0 atom stereocenters. The van der Waals surface area contributed by atoms with E-state index in [4.69, 9.17) is 4.74 Å². The minimum atomic E-state index is 0.566. The molecule has 0 aromatic carbocycles. The van der Waals surface area contributed by atoms with E-state index in [0.717, 1.165) is 0 Å². The molecule has 0 spiro atoms. The van der Waals surface area contributed by atoms with Gasteiger partial charge in [-0.05, 0) is 19.8 Å². The molecule has 40 valence electrons. The minimum Gasteiger partial charge on any atom is -0.498 e. The molecule has 1 fully saturated rings. The largest absolute Gasteiger partial charge is 0.498 e. The maximum Gasteiger partial charge on any atom is 0.0981 e. The molecule has 0 bridgehead atoms. The quantitative estimate of drug-likeness (QED) is 0.477. The lowest BCUT2D eigenvalue weighted by Crippen LogP contribution is -1.79. The van der Waals surface area contributed by atoms with Gasteiger partial charge in [-0.25, -0.2) is 0 Å². The van der Waals surface area contributed by atoms with Gasteiger partial charge in [-0.1, -0.05) is 6.08 Å². The molecule has 0 radical (unpaired) electrons. The molecular formula is C6H10O. The van der Waals surface area contributed by atoms with Crippen LogP contribution in [0.1, 0.15) is 19.8 Å². The molecule has 0 amide bonds. The van der Waals surface area contributed by atoms with E-state index in [9.17, 15) is 0 Å². The third-order valence-corrected chi connectivity index (χ3v) is 0.931. The Morgan fingerprint density at radius 3 is 2.71 bits per heavy atom. The molecule has 0 saturated heterocycles. The first-order chi connectivity index (χ1) is 3.43. The molecular weight excluding hydrogens is 88.1 g/mol. The Hall–Kier alpha value is -0.460. The molecule has 1 saturated carbocycles. The Morgan fingerprint density at radius 1 is 1.57 bits per heavy atom. The van der Waals surface area contributed by atoms with Crippen LogP contribution in [0.3, 0.4) is 0 Å². The lowest BCUT2D eigenvalue weighted by molar-refractivity contribution is 0.233. The zero-order valence-corrected chi connectivity index (χ0v) is 4.55. The number of hydrogen-bond donors (Lipinski definition) is 0. The monoisotopic (exact) mass is 98.1 g/mol. The summed E-state index contributed by atoms with van der Waals surface area (Å²) < 4.78 is 5.12. The summed E-state index contributed by atoms with van der Waals surface area (Å²) in [6.07, 6.45) is 6.75. The molecule has 0 aliphatic heterocycles. The van der Waals surface area contributed by atoms with Crippen molar-refractivity contribution in [2.45, 2.75) is 25.9 Å². The van der Waals surface area contributed by atoms with E-state index in [1.807, 2.05) is 13.0 Å². The third-order valence-electron chi connectivity index (χ3n) is 0.931. The van der Waals surface area contributed by atoms with E-state index >= 15 is 0 Å². The molecule has 0 heterocycles. The van der Waals surface area contributed by atoms with Gasteiger partial charge in [0.25, 0.3) is 0 Å². The van der Waals surface area contributed by atoms with Gasteiger partial charge in [0, 0.05) is 0 Å². The molecule has 0 N–H and O–H groups in total. The fourth-order valence-electron chi connectivity index (χ4n) is 0.394. The summed E-state index contributed by atoms with van der Waals surface area (Å²) >= 11 is 0. The predicted molar refractivity (Wildman–Crippen MR) is 28.9 cm³/mol. The second kappa shape index (κ2) is 2.01. The molecule has 1 nitrogen and oxygen atoms in total. The molecule has 1 aliphatic rings. The summed E-state index contributed by atoms with van der Waals surface area (Å²) in [5.74, 6) is 0. The average molecular weight is 98.1 g/mol. The van der Waals surface area contributed by atoms with Crippen LogP contribution >= 0.6 is 0 Å². The Morgan fingerprint density at radius 2 is 2.29 bits per heavy atom. The van der Waals surface area contributed by atoms with Crippen LogP contribution < -0.4 is 0 Å². The first-order valence-electron chi connectivity index (χ1n) is 2.70. The van der Waals surface area contributed by atoms with Crippen molar-refractivity contribution < 1.29 is 4.74 Å². The summed E-state index contributed by atoms with van der Waals surface area (Å²) in [6.45, 7) is 1.96.